The molecule has 0 heterocycles. The minimum absolute atomic E-state index is 0.0252. The molecule has 0 aliphatic carbocycles. The predicted molar refractivity (Wildman–Crippen MR) is 72.1 cm³/mol. The monoisotopic (exact) mass is 286 g/mol. The quantitative estimate of drug-likeness (QED) is 0.785. The molecule has 3 N–H and O–H groups in total. The second-order valence-corrected chi connectivity index (χ2v) is 6.02. The molecule has 1 atom stereocenters. The summed E-state index contributed by atoms with van der Waals surface area (Å²) >= 11 is 0. The van der Waals surface area contributed by atoms with Gasteiger partial charge in [0.05, 0.1) is 12.0 Å². The fourth-order valence-electron chi connectivity index (χ4n) is 1.55. The fraction of sp³-hybridized carbons (Fsp3) is 0.417. The first-order valence-corrected chi connectivity index (χ1v) is 7.27. The van der Waals surface area contributed by atoms with E-state index in [1.165, 1.54) is 19.2 Å². The van der Waals surface area contributed by atoms with Crippen molar-refractivity contribution in [3.05, 3.63) is 24.3 Å². The first kappa shape index (κ1) is 15.5. The van der Waals surface area contributed by atoms with Gasteiger partial charge in [-0.3, -0.25) is 0 Å². The molecule has 7 heteroatoms. The molecule has 1 rings (SSSR count). The van der Waals surface area contributed by atoms with E-state index in [1.807, 2.05) is 13.8 Å². The molecular weight excluding hydrogens is 268 g/mol. The molecule has 106 valence electrons. The van der Waals surface area contributed by atoms with Crippen LogP contribution < -0.4 is 10.5 Å². The minimum atomic E-state index is -3.70. The van der Waals surface area contributed by atoms with Crippen LogP contribution in [0.15, 0.2) is 29.2 Å². The van der Waals surface area contributed by atoms with E-state index in [-0.39, 0.29) is 16.8 Å². The zero-order valence-electron chi connectivity index (χ0n) is 11.1. The summed E-state index contributed by atoms with van der Waals surface area (Å²) in [4.78, 5) is 11.6. The SMILES string of the molecule is COC(=O)C(Nc1ccc(S(N)(=O)=O)cc1)C(C)C. The van der Waals surface area contributed by atoms with Gasteiger partial charge in [0, 0.05) is 5.69 Å². The summed E-state index contributed by atoms with van der Waals surface area (Å²) in [5.41, 5.74) is 0.622. The number of nitrogens with two attached hydrogens (primary N) is 1. The lowest BCUT2D eigenvalue weighted by Crippen LogP contribution is -2.35. The average molecular weight is 286 g/mol. The molecule has 0 radical (unpaired) electrons. The summed E-state index contributed by atoms with van der Waals surface area (Å²) in [7, 11) is -2.38. The smallest absolute Gasteiger partial charge is 0.328 e. The van der Waals surface area contributed by atoms with Gasteiger partial charge in [0.1, 0.15) is 6.04 Å². The molecule has 0 bridgehead atoms. The van der Waals surface area contributed by atoms with Crippen molar-refractivity contribution in [2.24, 2.45) is 11.1 Å². The summed E-state index contributed by atoms with van der Waals surface area (Å²) in [6.07, 6.45) is 0. The first-order chi connectivity index (χ1) is 8.75. The number of benzene rings is 1. The molecule has 0 aliphatic rings. The largest absolute Gasteiger partial charge is 0.467 e. The van der Waals surface area contributed by atoms with E-state index in [9.17, 15) is 13.2 Å². The maximum Gasteiger partial charge on any atom is 0.328 e. The topological polar surface area (TPSA) is 98.5 Å². The molecule has 0 saturated carbocycles. The van der Waals surface area contributed by atoms with Gasteiger partial charge in [0.2, 0.25) is 10.0 Å². The van der Waals surface area contributed by atoms with Gasteiger partial charge < -0.3 is 10.1 Å². The Morgan fingerprint density at radius 1 is 1.26 bits per heavy atom. The number of hydrogen-bond donors (Lipinski definition) is 2. The summed E-state index contributed by atoms with van der Waals surface area (Å²) in [5, 5.41) is 8.00. The van der Waals surface area contributed by atoms with Crippen molar-refractivity contribution in [1.82, 2.24) is 0 Å². The van der Waals surface area contributed by atoms with Crippen molar-refractivity contribution >= 4 is 21.7 Å². The maximum atomic E-state index is 11.6. The van der Waals surface area contributed by atoms with Crippen molar-refractivity contribution in [2.75, 3.05) is 12.4 Å². The number of ether oxygens (including phenoxy) is 1. The van der Waals surface area contributed by atoms with Gasteiger partial charge in [-0.2, -0.15) is 0 Å². The van der Waals surface area contributed by atoms with Crippen LogP contribution >= 0.6 is 0 Å². The Labute approximate surface area is 113 Å². The molecule has 0 saturated heterocycles. The second kappa shape index (κ2) is 6.03. The van der Waals surface area contributed by atoms with E-state index < -0.39 is 16.1 Å². The Kier molecular flexibility index (Phi) is 4.90. The van der Waals surface area contributed by atoms with Gasteiger partial charge in [-0.05, 0) is 30.2 Å². The van der Waals surface area contributed by atoms with Gasteiger partial charge in [0.15, 0.2) is 0 Å². The van der Waals surface area contributed by atoms with E-state index >= 15 is 0 Å². The highest BCUT2D eigenvalue weighted by Gasteiger charge is 2.22. The number of rotatable bonds is 5. The van der Waals surface area contributed by atoms with Crippen molar-refractivity contribution < 1.29 is 17.9 Å². The van der Waals surface area contributed by atoms with Gasteiger partial charge in [-0.25, -0.2) is 18.4 Å². The molecule has 6 nitrogen and oxygen atoms in total. The number of anilines is 1. The molecule has 0 spiro atoms. The average Bonchev–Trinajstić information content (AvgIpc) is 2.34. The zero-order valence-corrected chi connectivity index (χ0v) is 11.9. The van der Waals surface area contributed by atoms with Crippen LogP contribution in [-0.4, -0.2) is 27.5 Å². The van der Waals surface area contributed by atoms with Gasteiger partial charge in [-0.15, -0.1) is 0 Å². The Bertz CT molecular complexity index is 537. The van der Waals surface area contributed by atoms with Crippen LogP contribution in [0.4, 0.5) is 5.69 Å². The highest BCUT2D eigenvalue weighted by atomic mass is 32.2. The third-order valence-electron chi connectivity index (χ3n) is 2.63. The fourth-order valence-corrected chi connectivity index (χ4v) is 2.06. The normalized spacial score (nSPS) is 13.1. The zero-order chi connectivity index (χ0) is 14.6. The lowest BCUT2D eigenvalue weighted by atomic mass is 10.0. The molecule has 0 aromatic heterocycles. The van der Waals surface area contributed by atoms with E-state index in [1.54, 1.807) is 12.1 Å². The van der Waals surface area contributed by atoms with Crippen molar-refractivity contribution in [3.63, 3.8) is 0 Å². The standard InChI is InChI=1S/C12H18N2O4S/c1-8(2)11(12(15)18-3)14-9-4-6-10(7-5-9)19(13,16)17/h4-8,11,14H,1-3H3,(H2,13,16,17). The van der Waals surface area contributed by atoms with E-state index in [0.29, 0.717) is 5.69 Å². The Hall–Kier alpha value is -1.60. The van der Waals surface area contributed by atoms with E-state index in [2.05, 4.69) is 5.32 Å². The summed E-state index contributed by atoms with van der Waals surface area (Å²) in [6.45, 7) is 3.76. The number of esters is 1. The molecule has 19 heavy (non-hydrogen) atoms. The van der Waals surface area contributed by atoms with Gasteiger partial charge in [0.25, 0.3) is 0 Å². The number of primary sulfonamides is 1. The molecule has 0 amide bonds. The summed E-state index contributed by atoms with van der Waals surface area (Å²) in [5.74, 6) is -0.337. The first-order valence-electron chi connectivity index (χ1n) is 5.73. The van der Waals surface area contributed by atoms with Crippen LogP contribution in [0.3, 0.4) is 0 Å². The Morgan fingerprint density at radius 2 is 1.79 bits per heavy atom. The highest BCUT2D eigenvalue weighted by molar-refractivity contribution is 7.89. The number of carbonyl (C=O) groups is 1. The molecule has 1 aromatic rings. The number of carbonyl (C=O) groups excluding carboxylic acids is 1. The summed E-state index contributed by atoms with van der Waals surface area (Å²) < 4.78 is 26.9. The van der Waals surface area contributed by atoms with E-state index in [4.69, 9.17) is 9.88 Å². The molecule has 0 fully saturated rings. The van der Waals surface area contributed by atoms with Gasteiger partial charge >= 0.3 is 5.97 Å². The summed E-state index contributed by atoms with van der Waals surface area (Å²) in [6, 6.07) is 5.37. The lowest BCUT2D eigenvalue weighted by molar-refractivity contribution is -0.142. The van der Waals surface area contributed by atoms with Crippen LogP contribution in [0.2, 0.25) is 0 Å². The van der Waals surface area contributed by atoms with Gasteiger partial charge in [-0.1, -0.05) is 13.8 Å². The third kappa shape index (κ3) is 4.22. The minimum Gasteiger partial charge on any atom is -0.467 e. The maximum absolute atomic E-state index is 11.6. The van der Waals surface area contributed by atoms with Crippen LogP contribution in [0.25, 0.3) is 0 Å². The van der Waals surface area contributed by atoms with Crippen LogP contribution in [-0.2, 0) is 19.6 Å². The highest BCUT2D eigenvalue weighted by Crippen LogP contribution is 2.16. The number of nitrogens with one attached hydrogen (secondary N) is 1. The predicted octanol–water partition coefficient (Wildman–Crippen LogP) is 0.943. The Morgan fingerprint density at radius 3 is 2.16 bits per heavy atom. The van der Waals surface area contributed by atoms with Crippen molar-refractivity contribution in [3.8, 4) is 0 Å². The number of hydrogen-bond acceptors (Lipinski definition) is 5. The number of methoxy groups -OCH3 is 1. The van der Waals surface area contributed by atoms with Crippen LogP contribution in [0.1, 0.15) is 13.8 Å². The Balaban J connectivity index is 2.90. The number of sulfonamides is 1. The van der Waals surface area contributed by atoms with E-state index in [0.717, 1.165) is 0 Å². The molecule has 1 unspecified atom stereocenters. The third-order valence-corrected chi connectivity index (χ3v) is 3.56. The molecule has 0 aliphatic heterocycles. The lowest BCUT2D eigenvalue weighted by Gasteiger charge is -2.21. The van der Waals surface area contributed by atoms with Crippen molar-refractivity contribution in [2.45, 2.75) is 24.8 Å². The second-order valence-electron chi connectivity index (χ2n) is 4.46. The van der Waals surface area contributed by atoms with Crippen molar-refractivity contribution in [1.29, 1.82) is 0 Å². The van der Waals surface area contributed by atoms with Crippen LogP contribution in [0, 0.1) is 5.92 Å². The molecular formula is C12H18N2O4S. The van der Waals surface area contributed by atoms with Crippen LogP contribution in [0.5, 0.6) is 0 Å². The molecule has 1 aromatic carbocycles.